The summed E-state index contributed by atoms with van der Waals surface area (Å²) in [6.45, 7) is 7.96. The predicted molar refractivity (Wildman–Crippen MR) is 171 cm³/mol. The fraction of sp³-hybridized carbons (Fsp3) is 0.394. The van der Waals surface area contributed by atoms with Crippen LogP contribution in [-0.4, -0.2) is 57.2 Å². The van der Waals surface area contributed by atoms with Crippen molar-refractivity contribution in [2.24, 2.45) is 5.92 Å². The minimum atomic E-state index is -0.559. The first-order valence-electron chi connectivity index (χ1n) is 15.2. The Balaban J connectivity index is 1.43. The number of hydrogen-bond donors (Lipinski definition) is 3. The highest BCUT2D eigenvalue weighted by Gasteiger charge is 2.29. The van der Waals surface area contributed by atoms with E-state index in [9.17, 15) is 14.4 Å². The average molecular weight is 630 g/mol. The zero-order valence-electron chi connectivity index (χ0n) is 25.8. The molecular formula is C33H39N7O4S. The van der Waals surface area contributed by atoms with Crippen molar-refractivity contribution in [3.05, 3.63) is 99.4 Å². The van der Waals surface area contributed by atoms with Gasteiger partial charge >= 0.3 is 0 Å². The Morgan fingerprint density at radius 1 is 0.978 bits per heavy atom. The van der Waals surface area contributed by atoms with E-state index < -0.39 is 18.0 Å². The third-order valence-corrected chi connectivity index (χ3v) is 8.59. The molecule has 0 radical (unpaired) electrons. The van der Waals surface area contributed by atoms with E-state index in [1.807, 2.05) is 56.3 Å². The Bertz CT molecular complexity index is 1590. The number of carbonyl (C=O) groups is 3. The number of rotatable bonds is 5. The molecule has 1 aliphatic rings. The lowest BCUT2D eigenvalue weighted by Gasteiger charge is -2.23. The fourth-order valence-electron chi connectivity index (χ4n) is 5.25. The van der Waals surface area contributed by atoms with Crippen molar-refractivity contribution in [3.8, 4) is 0 Å². The number of thiazole rings is 1. The maximum atomic E-state index is 13.5. The molecule has 45 heavy (non-hydrogen) atoms. The number of oxazole rings is 1. The summed E-state index contributed by atoms with van der Waals surface area (Å²) in [6, 6.07) is 12.7. The standard InChI is InChI=1S/C33H39N7O4S/c1-21(2)28-33-37-26(20-45-33)30(42)35-15-17-40(19-24-11-13-34-14-12-24)16-7-10-27(41)36-25(18-23-8-5-4-6-9-23)32-39-29(22(3)44-32)31(43)38-28/h4-6,8-9,11-14,20-21,25,28H,7,10,15-19H2,1-3H3,(H,35,42)(H,36,41)(H,38,43)/t25-,28-/m0/s1. The molecule has 0 saturated heterocycles. The third kappa shape index (κ3) is 8.61. The zero-order valence-corrected chi connectivity index (χ0v) is 26.6. The molecule has 1 aliphatic heterocycles. The van der Waals surface area contributed by atoms with Crippen molar-refractivity contribution in [2.45, 2.75) is 58.7 Å². The maximum Gasteiger partial charge on any atom is 0.274 e. The van der Waals surface area contributed by atoms with E-state index in [1.165, 1.54) is 11.3 Å². The van der Waals surface area contributed by atoms with Crippen LogP contribution in [0.15, 0.2) is 64.7 Å². The highest BCUT2D eigenvalue weighted by atomic mass is 32.1. The molecule has 0 spiro atoms. The highest BCUT2D eigenvalue weighted by molar-refractivity contribution is 7.09. The molecule has 0 fully saturated rings. The van der Waals surface area contributed by atoms with Gasteiger partial charge in [-0.25, -0.2) is 9.97 Å². The number of amides is 3. The molecule has 3 amide bonds. The summed E-state index contributed by atoms with van der Waals surface area (Å²) in [5.41, 5.74) is 2.56. The van der Waals surface area contributed by atoms with Crippen LogP contribution in [0.4, 0.5) is 0 Å². The van der Waals surface area contributed by atoms with Gasteiger partial charge in [0.2, 0.25) is 11.8 Å². The molecule has 1 aromatic carbocycles. The van der Waals surface area contributed by atoms with Gasteiger partial charge in [0.05, 0.1) is 6.04 Å². The first-order chi connectivity index (χ1) is 21.8. The number of fused-ring (bicyclic) bond motifs is 4. The average Bonchev–Trinajstić information content (AvgIpc) is 3.67. The number of benzene rings is 1. The second-order valence-electron chi connectivity index (χ2n) is 11.5. The van der Waals surface area contributed by atoms with Gasteiger partial charge in [0.1, 0.15) is 22.5 Å². The quantitative estimate of drug-likeness (QED) is 0.295. The van der Waals surface area contributed by atoms with Gasteiger partial charge in [-0.15, -0.1) is 11.3 Å². The van der Waals surface area contributed by atoms with Crippen LogP contribution in [0.2, 0.25) is 0 Å². The van der Waals surface area contributed by atoms with Gasteiger partial charge in [-0.3, -0.25) is 24.3 Å². The second kappa shape index (κ2) is 15.0. The second-order valence-corrected chi connectivity index (χ2v) is 12.4. The Labute approximate surface area is 266 Å². The number of nitrogens with one attached hydrogen (secondary N) is 3. The van der Waals surface area contributed by atoms with E-state index >= 15 is 0 Å². The van der Waals surface area contributed by atoms with E-state index in [2.05, 4.69) is 35.8 Å². The number of aromatic nitrogens is 3. The van der Waals surface area contributed by atoms with Crippen LogP contribution in [0, 0.1) is 12.8 Å². The van der Waals surface area contributed by atoms with Gasteiger partial charge in [-0.2, -0.15) is 0 Å². The largest absolute Gasteiger partial charge is 0.443 e. The van der Waals surface area contributed by atoms with Gasteiger partial charge in [0.25, 0.3) is 11.8 Å². The number of hydrogen-bond acceptors (Lipinski definition) is 9. The fourth-order valence-corrected chi connectivity index (χ4v) is 6.27. The van der Waals surface area contributed by atoms with Crippen LogP contribution < -0.4 is 16.0 Å². The lowest BCUT2D eigenvalue weighted by Crippen LogP contribution is -2.36. The molecule has 236 valence electrons. The number of aryl methyl sites for hydroxylation is 1. The van der Waals surface area contributed by atoms with Crippen molar-refractivity contribution in [3.63, 3.8) is 0 Å². The van der Waals surface area contributed by atoms with E-state index in [-0.39, 0.29) is 35.7 Å². The van der Waals surface area contributed by atoms with Crippen molar-refractivity contribution < 1.29 is 18.8 Å². The van der Waals surface area contributed by atoms with Crippen LogP contribution in [-0.2, 0) is 17.8 Å². The Morgan fingerprint density at radius 2 is 1.76 bits per heavy atom. The first-order valence-corrected chi connectivity index (χ1v) is 16.1. The Morgan fingerprint density at radius 3 is 2.51 bits per heavy atom. The highest BCUT2D eigenvalue weighted by Crippen LogP contribution is 2.27. The van der Waals surface area contributed by atoms with E-state index in [1.54, 1.807) is 24.7 Å². The summed E-state index contributed by atoms with van der Waals surface area (Å²) in [7, 11) is 0. The molecule has 0 unspecified atom stereocenters. The van der Waals surface area contributed by atoms with Crippen molar-refractivity contribution in [1.82, 2.24) is 35.8 Å². The molecule has 12 heteroatoms. The lowest BCUT2D eigenvalue weighted by atomic mass is 10.0. The maximum absolute atomic E-state index is 13.5. The van der Waals surface area contributed by atoms with Gasteiger partial charge < -0.3 is 20.4 Å². The number of nitrogens with zero attached hydrogens (tertiary/aromatic N) is 4. The van der Waals surface area contributed by atoms with Crippen LogP contribution in [0.25, 0.3) is 0 Å². The van der Waals surface area contributed by atoms with Gasteiger partial charge in [-0.05, 0) is 49.1 Å². The van der Waals surface area contributed by atoms with Gasteiger partial charge in [0, 0.05) is 50.2 Å². The third-order valence-electron chi connectivity index (χ3n) is 7.67. The van der Waals surface area contributed by atoms with Gasteiger partial charge in [0.15, 0.2) is 5.69 Å². The summed E-state index contributed by atoms with van der Waals surface area (Å²) in [6.07, 6.45) is 4.86. The van der Waals surface area contributed by atoms with E-state index in [0.717, 1.165) is 11.1 Å². The van der Waals surface area contributed by atoms with Crippen LogP contribution in [0.5, 0.6) is 0 Å². The smallest absolute Gasteiger partial charge is 0.274 e. The van der Waals surface area contributed by atoms with E-state index in [4.69, 9.17) is 4.42 Å². The molecular weight excluding hydrogens is 590 g/mol. The summed E-state index contributed by atoms with van der Waals surface area (Å²) < 4.78 is 6.02. The van der Waals surface area contributed by atoms with Crippen LogP contribution in [0.1, 0.15) is 87.5 Å². The molecule has 4 heterocycles. The SMILES string of the molecule is Cc1oc2nc1C(=O)N[C@@H](C(C)C)c1nc(cs1)C(=O)NCCN(Cc1ccncc1)CCCC(=O)N[C@H]2Cc1ccccc1. The number of carbonyl (C=O) groups excluding carboxylic acids is 3. The van der Waals surface area contributed by atoms with E-state index in [0.29, 0.717) is 55.5 Å². The topological polar surface area (TPSA) is 142 Å². The minimum absolute atomic E-state index is 0.00703. The molecule has 11 nitrogen and oxygen atoms in total. The molecule has 4 aromatic rings. The number of pyridine rings is 1. The summed E-state index contributed by atoms with van der Waals surface area (Å²) in [5.74, 6) is -0.191. The lowest BCUT2D eigenvalue weighted by molar-refractivity contribution is -0.122. The first kappa shape index (κ1) is 32.0. The molecule has 4 bridgehead atoms. The monoisotopic (exact) mass is 629 g/mol. The van der Waals surface area contributed by atoms with Crippen molar-refractivity contribution >= 4 is 29.1 Å². The Kier molecular flexibility index (Phi) is 10.7. The summed E-state index contributed by atoms with van der Waals surface area (Å²) >= 11 is 1.33. The van der Waals surface area contributed by atoms with Gasteiger partial charge in [-0.1, -0.05) is 44.2 Å². The minimum Gasteiger partial charge on any atom is -0.443 e. The molecule has 3 aromatic heterocycles. The molecule has 0 saturated carbocycles. The van der Waals surface area contributed by atoms with Crippen molar-refractivity contribution in [1.29, 1.82) is 0 Å². The summed E-state index contributed by atoms with van der Waals surface area (Å²) in [4.78, 5) is 55.3. The molecule has 5 rings (SSSR count). The zero-order chi connectivity index (χ0) is 31.8. The molecule has 0 aliphatic carbocycles. The summed E-state index contributed by atoms with van der Waals surface area (Å²) in [5, 5.41) is 11.5. The molecule has 3 N–H and O–H groups in total. The Hall–Kier alpha value is -4.42. The van der Waals surface area contributed by atoms with Crippen molar-refractivity contribution in [2.75, 3.05) is 19.6 Å². The predicted octanol–water partition coefficient (Wildman–Crippen LogP) is 4.39. The normalized spacial score (nSPS) is 19.1. The molecule has 2 atom stereocenters. The van der Waals surface area contributed by atoms with Crippen LogP contribution >= 0.6 is 11.3 Å². The van der Waals surface area contributed by atoms with Crippen LogP contribution in [0.3, 0.4) is 0 Å².